The molecule has 36 heavy (non-hydrogen) atoms. The molecule has 2 N–H and O–H groups in total. The number of halogens is 3. The zero-order valence-corrected chi connectivity index (χ0v) is 20.6. The third-order valence-corrected chi connectivity index (χ3v) is 6.70. The van der Waals surface area contributed by atoms with E-state index in [0.717, 1.165) is 6.26 Å². The minimum Gasteiger partial charge on any atom is -0.420 e. The van der Waals surface area contributed by atoms with Crippen molar-refractivity contribution in [1.29, 1.82) is 0 Å². The lowest BCUT2D eigenvalue weighted by atomic mass is 10.0. The maximum absolute atomic E-state index is 12.9. The van der Waals surface area contributed by atoms with Gasteiger partial charge in [0.15, 0.2) is 9.84 Å². The van der Waals surface area contributed by atoms with Crippen LogP contribution in [0.4, 0.5) is 20.3 Å². The molecule has 2 aromatic carbocycles. The van der Waals surface area contributed by atoms with Crippen molar-refractivity contribution in [2.45, 2.75) is 23.0 Å². The molecule has 0 saturated carbocycles. The predicted molar refractivity (Wildman–Crippen MR) is 131 cm³/mol. The molecule has 190 valence electrons. The van der Waals surface area contributed by atoms with Crippen LogP contribution in [0.15, 0.2) is 65.7 Å². The van der Waals surface area contributed by atoms with Crippen LogP contribution in [-0.4, -0.2) is 55.4 Å². The van der Waals surface area contributed by atoms with E-state index in [1.807, 2.05) is 4.90 Å². The van der Waals surface area contributed by atoms with E-state index >= 15 is 0 Å². The van der Waals surface area contributed by atoms with Crippen molar-refractivity contribution in [3.05, 3.63) is 66.4 Å². The lowest BCUT2D eigenvalue weighted by Crippen LogP contribution is -2.23. The molecule has 0 unspecified atom stereocenters. The van der Waals surface area contributed by atoms with Crippen LogP contribution in [0.1, 0.15) is 16.8 Å². The molecule has 1 saturated heterocycles. The zero-order valence-electron chi connectivity index (χ0n) is 19.0. The Kier molecular flexibility index (Phi) is 7.17. The van der Waals surface area contributed by atoms with Crippen molar-refractivity contribution < 1.29 is 31.8 Å². The van der Waals surface area contributed by atoms with Gasteiger partial charge in [0.2, 0.25) is 0 Å². The number of aromatic nitrogens is 1. The number of nitrogens with one attached hydrogen (secondary N) is 1. The first-order valence-corrected chi connectivity index (χ1v) is 13.1. The first-order chi connectivity index (χ1) is 16.9. The zero-order chi connectivity index (χ0) is 26.1. The average Bonchev–Trinajstić information content (AvgIpc) is 3.24. The third-order valence-electron chi connectivity index (χ3n) is 5.51. The molecular formula is C24H22ClF2N3O5S. The number of sulfone groups is 1. The van der Waals surface area contributed by atoms with E-state index in [0.29, 0.717) is 42.1 Å². The average molecular weight is 538 g/mol. The lowest BCUT2D eigenvalue weighted by molar-refractivity contribution is -0.0964. The summed E-state index contributed by atoms with van der Waals surface area (Å²) in [6.07, 6.45) is 2.53. The number of pyridine rings is 1. The molecule has 0 aliphatic carbocycles. The molecule has 8 nitrogen and oxygen atoms in total. The van der Waals surface area contributed by atoms with Crippen LogP contribution in [-0.2, 0) is 9.84 Å². The quantitative estimate of drug-likeness (QED) is 0.436. The van der Waals surface area contributed by atoms with Crippen molar-refractivity contribution >= 4 is 38.9 Å². The lowest BCUT2D eigenvalue weighted by Gasteiger charge is -2.21. The third kappa shape index (κ3) is 6.28. The Morgan fingerprint density at radius 2 is 1.94 bits per heavy atom. The van der Waals surface area contributed by atoms with E-state index in [-0.39, 0.29) is 16.2 Å². The van der Waals surface area contributed by atoms with Gasteiger partial charge in [0.1, 0.15) is 11.6 Å². The van der Waals surface area contributed by atoms with E-state index < -0.39 is 27.4 Å². The Morgan fingerprint density at radius 3 is 2.56 bits per heavy atom. The number of carbonyl (C=O) groups is 1. The summed E-state index contributed by atoms with van der Waals surface area (Å²) in [6, 6.07) is 13.1. The van der Waals surface area contributed by atoms with E-state index in [2.05, 4.69) is 15.0 Å². The second kappa shape index (κ2) is 10.00. The van der Waals surface area contributed by atoms with Gasteiger partial charge in [-0.05, 0) is 54.4 Å². The standard InChI is InChI=1S/C24H22ClF2N3O5S/c1-36(33,34)20-4-2-3-15(11-20)21-12-16(13-28-22(21)30-10-9-18(31)14-30)23(32)29-17-5-7-19(8-6-17)35-24(25,26)27/h2-8,11-13,18,31H,9-10,14H2,1H3,(H,29,32)/t18-/m1/s1. The molecule has 0 radical (unpaired) electrons. The van der Waals surface area contributed by atoms with Gasteiger partial charge < -0.3 is 20.1 Å². The predicted octanol–water partition coefficient (Wildman–Crippen LogP) is 4.14. The van der Waals surface area contributed by atoms with Crippen LogP contribution in [0.2, 0.25) is 0 Å². The van der Waals surface area contributed by atoms with Crippen LogP contribution in [0, 0.1) is 0 Å². The highest BCUT2D eigenvalue weighted by atomic mass is 35.5. The maximum atomic E-state index is 12.9. The van der Waals surface area contributed by atoms with Gasteiger partial charge in [0, 0.05) is 48.4 Å². The van der Waals surface area contributed by atoms with E-state index in [4.69, 9.17) is 11.6 Å². The van der Waals surface area contributed by atoms with Crippen LogP contribution in [0.3, 0.4) is 0 Å². The highest BCUT2D eigenvalue weighted by molar-refractivity contribution is 7.90. The number of nitrogens with zero attached hydrogens (tertiary/aromatic N) is 2. The highest BCUT2D eigenvalue weighted by Gasteiger charge is 2.28. The molecule has 1 atom stereocenters. The smallest absolute Gasteiger partial charge is 0.420 e. The monoisotopic (exact) mass is 537 g/mol. The molecule has 3 aromatic rings. The topological polar surface area (TPSA) is 109 Å². The fraction of sp³-hybridized carbons (Fsp3) is 0.250. The molecule has 12 heteroatoms. The van der Waals surface area contributed by atoms with Gasteiger partial charge in [-0.15, -0.1) is 8.78 Å². The van der Waals surface area contributed by atoms with Gasteiger partial charge in [-0.25, -0.2) is 13.4 Å². The van der Waals surface area contributed by atoms with E-state index in [9.17, 15) is 27.1 Å². The van der Waals surface area contributed by atoms with Gasteiger partial charge in [0.25, 0.3) is 5.91 Å². The minimum absolute atomic E-state index is 0.118. The SMILES string of the molecule is CS(=O)(=O)c1cccc(-c2cc(C(=O)Nc3ccc(OC(F)(F)Cl)cc3)cnc2N2CC[C@@H](O)C2)c1. The maximum Gasteiger partial charge on any atom is 0.487 e. The number of ether oxygens (including phenoxy) is 1. The van der Waals surface area contributed by atoms with E-state index in [1.165, 1.54) is 42.6 Å². The molecule has 1 aliphatic rings. The molecule has 1 aliphatic heterocycles. The van der Waals surface area contributed by atoms with Gasteiger partial charge in [-0.2, -0.15) is 0 Å². The van der Waals surface area contributed by atoms with Gasteiger partial charge in [0.05, 0.1) is 16.6 Å². The Morgan fingerprint density at radius 1 is 1.22 bits per heavy atom. The molecule has 1 aromatic heterocycles. The molecule has 0 bridgehead atoms. The van der Waals surface area contributed by atoms with Gasteiger partial charge >= 0.3 is 5.57 Å². The van der Waals surface area contributed by atoms with E-state index in [1.54, 1.807) is 18.2 Å². The fourth-order valence-corrected chi connectivity index (χ4v) is 4.57. The van der Waals surface area contributed by atoms with Crippen LogP contribution in [0.5, 0.6) is 5.75 Å². The summed E-state index contributed by atoms with van der Waals surface area (Å²) < 4.78 is 54.0. The summed E-state index contributed by atoms with van der Waals surface area (Å²) in [6.45, 7) is 0.904. The van der Waals surface area contributed by atoms with Crippen molar-refractivity contribution in [3.63, 3.8) is 0 Å². The molecule has 2 heterocycles. The number of β-amino-alcohol motifs (C(OH)–C–C–N with tert-alkyl or cyclic N) is 1. The number of alkyl halides is 3. The van der Waals surface area contributed by atoms with Gasteiger partial charge in [-0.3, -0.25) is 4.79 Å². The normalized spacial score (nSPS) is 16.1. The molecule has 1 amide bonds. The van der Waals surface area contributed by atoms with Crippen LogP contribution < -0.4 is 15.0 Å². The summed E-state index contributed by atoms with van der Waals surface area (Å²) in [5, 5.41) is 12.6. The Labute approximate surface area is 211 Å². The summed E-state index contributed by atoms with van der Waals surface area (Å²) in [5.41, 5.74) is -2.28. The van der Waals surface area contributed by atoms with Crippen molar-refractivity contribution in [2.24, 2.45) is 0 Å². The summed E-state index contributed by atoms with van der Waals surface area (Å²) >= 11 is 4.76. The van der Waals surface area contributed by atoms with Gasteiger partial charge in [-0.1, -0.05) is 12.1 Å². The number of hydrogen-bond acceptors (Lipinski definition) is 7. The van der Waals surface area contributed by atoms with Crippen LogP contribution in [0.25, 0.3) is 11.1 Å². The first-order valence-electron chi connectivity index (χ1n) is 10.8. The number of aliphatic hydroxyl groups is 1. The summed E-state index contributed by atoms with van der Waals surface area (Å²) in [4.78, 5) is 19.4. The molecule has 4 rings (SSSR count). The number of amides is 1. The number of carbonyl (C=O) groups excluding carboxylic acids is 1. The second-order valence-electron chi connectivity index (χ2n) is 8.31. The minimum atomic E-state index is -3.85. The van der Waals surface area contributed by atoms with Crippen molar-refractivity contribution in [2.75, 3.05) is 29.6 Å². The van der Waals surface area contributed by atoms with Crippen LogP contribution >= 0.6 is 11.6 Å². The van der Waals surface area contributed by atoms with Crippen molar-refractivity contribution in [3.8, 4) is 16.9 Å². The number of benzene rings is 2. The Hall–Kier alpha value is -3.28. The summed E-state index contributed by atoms with van der Waals surface area (Å²) in [5.74, 6) is -0.190. The number of aliphatic hydroxyl groups excluding tert-OH is 1. The Bertz CT molecular complexity index is 1380. The fourth-order valence-electron chi connectivity index (χ4n) is 3.82. The second-order valence-corrected chi connectivity index (χ2v) is 10.8. The van der Waals surface area contributed by atoms with Crippen molar-refractivity contribution in [1.82, 2.24) is 4.98 Å². The Balaban J connectivity index is 1.66. The molecule has 0 spiro atoms. The number of anilines is 2. The summed E-state index contributed by atoms with van der Waals surface area (Å²) in [7, 11) is -3.47. The highest BCUT2D eigenvalue weighted by Crippen LogP contribution is 2.33. The number of hydrogen-bond donors (Lipinski definition) is 2. The molecular weight excluding hydrogens is 516 g/mol. The molecule has 1 fully saturated rings. The first kappa shape index (κ1) is 25.8. The largest absolute Gasteiger partial charge is 0.487 e. The number of rotatable bonds is 7.